The number of rotatable bonds is 13. The fourth-order valence-corrected chi connectivity index (χ4v) is 5.22. The number of alkyl halides is 5. The summed E-state index contributed by atoms with van der Waals surface area (Å²) >= 11 is 0. The molecule has 0 bridgehead atoms. The van der Waals surface area contributed by atoms with E-state index in [4.69, 9.17) is 0 Å². The van der Waals surface area contributed by atoms with E-state index in [1.165, 1.54) is 101 Å². The van der Waals surface area contributed by atoms with Gasteiger partial charge in [-0.25, -0.2) is 0 Å². The molecule has 0 N–H and O–H groups in total. The second-order valence-electron chi connectivity index (χ2n) is 10.2. The van der Waals surface area contributed by atoms with E-state index < -0.39 is 18.0 Å². The van der Waals surface area contributed by atoms with Crippen LogP contribution in [0.3, 0.4) is 0 Å². The molecule has 0 aromatic heterocycles. The molecule has 200 valence electrons. The van der Waals surface area contributed by atoms with Crippen molar-refractivity contribution in [1.82, 2.24) is 0 Å². The van der Waals surface area contributed by atoms with E-state index in [2.05, 4.69) is 23.8 Å². The van der Waals surface area contributed by atoms with Crippen molar-refractivity contribution < 1.29 is 26.7 Å². The number of benzene rings is 2. The van der Waals surface area contributed by atoms with E-state index in [0.29, 0.717) is 5.92 Å². The SMILES string of the molecule is CCCCCCCCCCC1CCC(c2ccc(-c3ccc(OC(F)(F)C(F)(F)F)cc3)cc2)CC1. The summed E-state index contributed by atoms with van der Waals surface area (Å²) < 4.78 is 67.0. The van der Waals surface area contributed by atoms with Gasteiger partial charge in [0.15, 0.2) is 0 Å². The molecule has 1 aliphatic rings. The third kappa shape index (κ3) is 8.48. The lowest BCUT2D eigenvalue weighted by atomic mass is 9.77. The number of halogens is 5. The van der Waals surface area contributed by atoms with Gasteiger partial charge in [0.2, 0.25) is 0 Å². The summed E-state index contributed by atoms with van der Waals surface area (Å²) in [6, 6.07) is 13.5. The summed E-state index contributed by atoms with van der Waals surface area (Å²) in [6.45, 7) is 2.25. The van der Waals surface area contributed by atoms with Crippen molar-refractivity contribution >= 4 is 0 Å². The van der Waals surface area contributed by atoms with Crippen LogP contribution in [0.15, 0.2) is 48.5 Å². The molecular formula is C30H39F5O. The van der Waals surface area contributed by atoms with Crippen LogP contribution in [-0.2, 0) is 0 Å². The van der Waals surface area contributed by atoms with E-state index in [-0.39, 0.29) is 0 Å². The van der Waals surface area contributed by atoms with Gasteiger partial charge < -0.3 is 4.74 Å². The van der Waals surface area contributed by atoms with Gasteiger partial charge in [-0.2, -0.15) is 22.0 Å². The predicted molar refractivity (Wildman–Crippen MR) is 135 cm³/mol. The highest BCUT2D eigenvalue weighted by Gasteiger charge is 2.61. The van der Waals surface area contributed by atoms with Crippen LogP contribution >= 0.6 is 0 Å². The first kappa shape index (κ1) is 28.5. The van der Waals surface area contributed by atoms with Crippen LogP contribution in [-0.4, -0.2) is 12.3 Å². The average molecular weight is 511 g/mol. The third-order valence-corrected chi connectivity index (χ3v) is 7.46. The fourth-order valence-electron chi connectivity index (χ4n) is 5.22. The van der Waals surface area contributed by atoms with Gasteiger partial charge in [0.1, 0.15) is 5.75 Å². The Morgan fingerprint density at radius 1 is 0.667 bits per heavy atom. The van der Waals surface area contributed by atoms with Crippen LogP contribution < -0.4 is 4.74 Å². The molecule has 1 aliphatic carbocycles. The van der Waals surface area contributed by atoms with Crippen molar-refractivity contribution in [1.29, 1.82) is 0 Å². The Balaban J connectivity index is 1.41. The highest BCUT2D eigenvalue weighted by molar-refractivity contribution is 5.64. The van der Waals surface area contributed by atoms with Crippen molar-refractivity contribution in [3.05, 3.63) is 54.1 Å². The molecule has 0 unspecified atom stereocenters. The van der Waals surface area contributed by atoms with Gasteiger partial charge in [0.25, 0.3) is 0 Å². The molecule has 0 spiro atoms. The third-order valence-electron chi connectivity index (χ3n) is 7.46. The molecule has 1 fully saturated rings. The minimum atomic E-state index is -5.76. The zero-order valence-electron chi connectivity index (χ0n) is 21.3. The smallest absolute Gasteiger partial charge is 0.426 e. The molecule has 2 aromatic carbocycles. The Hall–Kier alpha value is -2.11. The average Bonchev–Trinajstić information content (AvgIpc) is 2.86. The van der Waals surface area contributed by atoms with Crippen LogP contribution in [0.2, 0.25) is 0 Å². The maximum atomic E-state index is 13.1. The first-order valence-electron chi connectivity index (χ1n) is 13.5. The topological polar surface area (TPSA) is 9.23 Å². The summed E-state index contributed by atoms with van der Waals surface area (Å²) in [5.41, 5.74) is 2.93. The van der Waals surface area contributed by atoms with Crippen molar-refractivity contribution in [3.63, 3.8) is 0 Å². The van der Waals surface area contributed by atoms with Gasteiger partial charge in [-0.1, -0.05) is 101 Å². The van der Waals surface area contributed by atoms with Gasteiger partial charge >= 0.3 is 12.3 Å². The van der Waals surface area contributed by atoms with Crippen molar-refractivity contribution in [2.24, 2.45) is 5.92 Å². The molecule has 36 heavy (non-hydrogen) atoms. The van der Waals surface area contributed by atoms with Crippen LogP contribution in [0.25, 0.3) is 11.1 Å². The summed E-state index contributed by atoms with van der Waals surface area (Å²) in [5, 5.41) is 0. The van der Waals surface area contributed by atoms with Gasteiger partial charge in [-0.05, 0) is 66.3 Å². The minimum Gasteiger partial charge on any atom is -0.426 e. The zero-order chi connectivity index (χ0) is 26.0. The van der Waals surface area contributed by atoms with E-state index in [1.54, 1.807) is 0 Å². The fraction of sp³-hybridized carbons (Fsp3) is 0.600. The van der Waals surface area contributed by atoms with Crippen LogP contribution in [0.4, 0.5) is 22.0 Å². The number of unbranched alkanes of at least 4 members (excludes halogenated alkanes) is 7. The number of hydrogen-bond donors (Lipinski definition) is 0. The summed E-state index contributed by atoms with van der Waals surface area (Å²) in [4.78, 5) is 0. The summed E-state index contributed by atoms with van der Waals surface area (Å²) in [6.07, 6.45) is 6.30. The Morgan fingerprint density at radius 3 is 1.69 bits per heavy atom. The second kappa shape index (κ2) is 13.4. The lowest BCUT2D eigenvalue weighted by Crippen LogP contribution is -2.41. The molecule has 0 atom stereocenters. The Labute approximate surface area is 212 Å². The second-order valence-corrected chi connectivity index (χ2v) is 10.2. The molecule has 0 aliphatic heterocycles. The molecule has 3 rings (SSSR count). The van der Waals surface area contributed by atoms with E-state index in [1.807, 2.05) is 12.1 Å². The predicted octanol–water partition coefficient (Wildman–Crippen LogP) is 10.7. The molecule has 6 heteroatoms. The molecule has 0 heterocycles. The summed E-state index contributed by atoms with van der Waals surface area (Å²) in [5.74, 6) is 0.891. The van der Waals surface area contributed by atoms with Crippen LogP contribution in [0, 0.1) is 5.92 Å². The molecule has 1 nitrogen and oxygen atoms in total. The number of ether oxygens (including phenoxy) is 1. The maximum Gasteiger partial charge on any atom is 0.499 e. The van der Waals surface area contributed by atoms with E-state index >= 15 is 0 Å². The maximum absolute atomic E-state index is 13.1. The minimum absolute atomic E-state index is 0.526. The highest BCUT2D eigenvalue weighted by Crippen LogP contribution is 2.39. The standard InChI is InChI=1S/C30H39F5O/c1-2-3-4-5-6-7-8-9-10-23-11-13-24(14-12-23)25-15-17-26(18-16-25)27-19-21-28(22-20-27)36-30(34,35)29(31,32)33/h15-24H,2-14H2,1H3. The first-order chi connectivity index (χ1) is 17.2. The van der Waals surface area contributed by atoms with Gasteiger partial charge in [0, 0.05) is 0 Å². The molecular weight excluding hydrogens is 471 g/mol. The lowest BCUT2D eigenvalue weighted by molar-refractivity contribution is -0.360. The Kier molecular flexibility index (Phi) is 10.6. The Morgan fingerprint density at radius 2 is 1.17 bits per heavy atom. The van der Waals surface area contributed by atoms with Crippen LogP contribution in [0.1, 0.15) is 102 Å². The molecule has 0 amide bonds. The summed E-state index contributed by atoms with van der Waals surface area (Å²) in [7, 11) is 0. The van der Waals surface area contributed by atoms with Crippen LogP contribution in [0.5, 0.6) is 5.75 Å². The molecule has 0 saturated heterocycles. The quantitative estimate of drug-likeness (QED) is 0.192. The first-order valence-corrected chi connectivity index (χ1v) is 13.5. The number of hydrogen-bond acceptors (Lipinski definition) is 1. The van der Waals surface area contributed by atoms with E-state index in [9.17, 15) is 22.0 Å². The van der Waals surface area contributed by atoms with Crippen molar-refractivity contribution in [2.75, 3.05) is 0 Å². The van der Waals surface area contributed by atoms with Gasteiger partial charge in [-0.3, -0.25) is 0 Å². The van der Waals surface area contributed by atoms with Gasteiger partial charge in [-0.15, -0.1) is 0 Å². The van der Waals surface area contributed by atoms with Gasteiger partial charge in [0.05, 0.1) is 0 Å². The lowest BCUT2D eigenvalue weighted by Gasteiger charge is -2.29. The molecule has 0 radical (unpaired) electrons. The van der Waals surface area contributed by atoms with E-state index in [0.717, 1.165) is 29.2 Å². The highest BCUT2D eigenvalue weighted by atomic mass is 19.4. The zero-order valence-corrected chi connectivity index (χ0v) is 21.3. The van der Waals surface area contributed by atoms with Crippen molar-refractivity contribution in [3.8, 4) is 16.9 Å². The molecule has 1 saturated carbocycles. The largest absolute Gasteiger partial charge is 0.499 e. The monoisotopic (exact) mass is 510 g/mol. The normalized spacial score (nSPS) is 18.8. The Bertz CT molecular complexity index is 881. The van der Waals surface area contributed by atoms with Crippen molar-refractivity contribution in [2.45, 2.75) is 109 Å². The molecule has 2 aromatic rings.